The van der Waals surface area contributed by atoms with Crippen LogP contribution in [-0.4, -0.2) is 53.6 Å². The van der Waals surface area contributed by atoms with Gasteiger partial charge in [-0.25, -0.2) is 4.99 Å². The molecule has 0 aliphatic carbocycles. The zero-order chi connectivity index (χ0) is 19.6. The molecule has 1 aromatic carbocycles. The molecule has 1 unspecified atom stereocenters. The van der Waals surface area contributed by atoms with E-state index in [0.717, 1.165) is 68.6 Å². The number of nitrogens with zero attached hydrogens (tertiary/aromatic N) is 4. The maximum absolute atomic E-state index is 5.71. The first-order chi connectivity index (χ1) is 13.8. The van der Waals surface area contributed by atoms with Gasteiger partial charge in [0, 0.05) is 32.7 Å². The normalized spacial score (nSPS) is 16.3. The molecule has 2 aromatic rings. The predicted octanol–water partition coefficient (Wildman–Crippen LogP) is 2.38. The zero-order valence-electron chi connectivity index (χ0n) is 17.1. The SMILES string of the molecule is CCc1nncn1CCNC(=NCc1ccc(OC)cc1)NCC1CCCO1.I. The first kappa shape index (κ1) is 23.4. The van der Waals surface area contributed by atoms with E-state index in [-0.39, 0.29) is 30.1 Å². The average Bonchev–Trinajstić information content (AvgIpc) is 3.41. The van der Waals surface area contributed by atoms with Crippen molar-refractivity contribution in [3.8, 4) is 5.75 Å². The third-order valence-electron chi connectivity index (χ3n) is 4.76. The second-order valence-corrected chi connectivity index (χ2v) is 6.75. The Hall–Kier alpha value is -1.88. The van der Waals surface area contributed by atoms with Crippen molar-refractivity contribution in [2.45, 2.75) is 45.4 Å². The maximum Gasteiger partial charge on any atom is 0.191 e. The number of methoxy groups -OCH3 is 1. The van der Waals surface area contributed by atoms with Gasteiger partial charge >= 0.3 is 0 Å². The quantitative estimate of drug-likeness (QED) is 0.304. The summed E-state index contributed by atoms with van der Waals surface area (Å²) in [7, 11) is 1.67. The highest BCUT2D eigenvalue weighted by Gasteiger charge is 2.15. The van der Waals surface area contributed by atoms with Gasteiger partial charge in [-0.2, -0.15) is 0 Å². The Morgan fingerprint density at radius 2 is 2.14 bits per heavy atom. The van der Waals surface area contributed by atoms with E-state index in [1.807, 2.05) is 24.3 Å². The van der Waals surface area contributed by atoms with Crippen LogP contribution in [0.2, 0.25) is 0 Å². The molecule has 1 saturated heterocycles. The summed E-state index contributed by atoms with van der Waals surface area (Å²) in [6, 6.07) is 7.97. The van der Waals surface area contributed by atoms with Crippen LogP contribution in [-0.2, 0) is 24.2 Å². The molecule has 0 amide bonds. The van der Waals surface area contributed by atoms with Gasteiger partial charge in [0.05, 0.1) is 19.8 Å². The fourth-order valence-corrected chi connectivity index (χ4v) is 3.13. The molecule has 0 radical (unpaired) electrons. The zero-order valence-corrected chi connectivity index (χ0v) is 19.5. The Bertz CT molecular complexity index is 744. The molecular formula is C20H31IN6O2. The van der Waals surface area contributed by atoms with Crippen molar-refractivity contribution in [1.82, 2.24) is 25.4 Å². The molecule has 1 aromatic heterocycles. The first-order valence-electron chi connectivity index (χ1n) is 9.92. The molecular weight excluding hydrogens is 483 g/mol. The monoisotopic (exact) mass is 514 g/mol. The van der Waals surface area contributed by atoms with E-state index in [2.05, 4.69) is 32.3 Å². The van der Waals surface area contributed by atoms with Crippen molar-refractivity contribution >= 4 is 29.9 Å². The Morgan fingerprint density at radius 1 is 1.31 bits per heavy atom. The van der Waals surface area contributed by atoms with Gasteiger partial charge in [0.2, 0.25) is 0 Å². The second-order valence-electron chi connectivity index (χ2n) is 6.75. The van der Waals surface area contributed by atoms with Crippen LogP contribution in [0.5, 0.6) is 5.75 Å². The van der Waals surface area contributed by atoms with Gasteiger partial charge in [-0.1, -0.05) is 19.1 Å². The summed E-state index contributed by atoms with van der Waals surface area (Å²) in [5, 5.41) is 14.9. The summed E-state index contributed by atoms with van der Waals surface area (Å²) < 4.78 is 13.0. The largest absolute Gasteiger partial charge is 0.497 e. The highest BCUT2D eigenvalue weighted by atomic mass is 127. The van der Waals surface area contributed by atoms with Crippen molar-refractivity contribution in [3.05, 3.63) is 42.0 Å². The number of hydrogen-bond acceptors (Lipinski definition) is 5. The van der Waals surface area contributed by atoms with Gasteiger partial charge in [0.15, 0.2) is 5.96 Å². The Labute approximate surface area is 189 Å². The summed E-state index contributed by atoms with van der Waals surface area (Å²) >= 11 is 0. The molecule has 1 atom stereocenters. The van der Waals surface area contributed by atoms with E-state index in [1.165, 1.54) is 0 Å². The Morgan fingerprint density at radius 3 is 2.83 bits per heavy atom. The number of aromatic nitrogens is 3. The molecule has 0 saturated carbocycles. The molecule has 3 rings (SSSR count). The van der Waals surface area contributed by atoms with Crippen molar-refractivity contribution in [1.29, 1.82) is 0 Å². The number of rotatable bonds is 9. The van der Waals surface area contributed by atoms with Gasteiger partial charge in [-0.3, -0.25) is 0 Å². The number of aliphatic imine (C=N–C) groups is 1. The van der Waals surface area contributed by atoms with Gasteiger partial charge in [0.25, 0.3) is 0 Å². The maximum atomic E-state index is 5.71. The summed E-state index contributed by atoms with van der Waals surface area (Å²) in [5.41, 5.74) is 1.13. The molecule has 1 fully saturated rings. The molecule has 8 nitrogen and oxygen atoms in total. The van der Waals surface area contributed by atoms with E-state index in [9.17, 15) is 0 Å². The lowest BCUT2D eigenvalue weighted by atomic mass is 10.2. The fraction of sp³-hybridized carbons (Fsp3) is 0.550. The lowest BCUT2D eigenvalue weighted by Gasteiger charge is -2.16. The number of nitrogens with one attached hydrogen (secondary N) is 2. The molecule has 1 aliphatic rings. The summed E-state index contributed by atoms with van der Waals surface area (Å²) in [5.74, 6) is 2.63. The van der Waals surface area contributed by atoms with E-state index >= 15 is 0 Å². The van der Waals surface area contributed by atoms with Gasteiger partial charge in [-0.15, -0.1) is 34.2 Å². The number of hydrogen-bond donors (Lipinski definition) is 2. The van der Waals surface area contributed by atoms with Crippen LogP contribution in [0.25, 0.3) is 0 Å². The van der Waals surface area contributed by atoms with Crippen LogP contribution < -0.4 is 15.4 Å². The molecule has 0 bridgehead atoms. The van der Waals surface area contributed by atoms with Crippen LogP contribution in [0.15, 0.2) is 35.6 Å². The van der Waals surface area contributed by atoms with Crippen molar-refractivity contribution < 1.29 is 9.47 Å². The number of ether oxygens (including phenoxy) is 2. The van der Waals surface area contributed by atoms with E-state index in [1.54, 1.807) is 13.4 Å². The third-order valence-corrected chi connectivity index (χ3v) is 4.76. The lowest BCUT2D eigenvalue weighted by Crippen LogP contribution is -2.42. The minimum absolute atomic E-state index is 0. The molecule has 9 heteroatoms. The molecule has 1 aliphatic heterocycles. The molecule has 0 spiro atoms. The van der Waals surface area contributed by atoms with Crippen LogP contribution >= 0.6 is 24.0 Å². The van der Waals surface area contributed by atoms with Crippen molar-refractivity contribution in [2.24, 2.45) is 4.99 Å². The predicted molar refractivity (Wildman–Crippen MR) is 124 cm³/mol. The number of guanidine groups is 1. The van der Waals surface area contributed by atoms with Gasteiger partial charge in [-0.05, 0) is 30.5 Å². The third kappa shape index (κ3) is 7.46. The van der Waals surface area contributed by atoms with Crippen molar-refractivity contribution in [3.63, 3.8) is 0 Å². The number of benzene rings is 1. The standard InChI is InChI=1S/C20H30N6O2.HI/c1-3-19-25-24-15-26(19)11-10-21-20(23-14-18-5-4-12-28-18)22-13-16-6-8-17(27-2)9-7-16;/h6-9,15,18H,3-5,10-14H2,1-2H3,(H2,21,22,23);1H. The molecule has 160 valence electrons. The minimum atomic E-state index is 0. The lowest BCUT2D eigenvalue weighted by molar-refractivity contribution is 0.114. The van der Waals surface area contributed by atoms with E-state index in [0.29, 0.717) is 6.54 Å². The Kier molecular flexibility index (Phi) is 10.2. The summed E-state index contributed by atoms with van der Waals surface area (Å²) in [6.07, 6.45) is 5.13. The van der Waals surface area contributed by atoms with E-state index in [4.69, 9.17) is 14.5 Å². The Balaban J connectivity index is 0.00000300. The van der Waals surface area contributed by atoms with Crippen LogP contribution in [0.3, 0.4) is 0 Å². The summed E-state index contributed by atoms with van der Waals surface area (Å²) in [4.78, 5) is 4.73. The first-order valence-corrected chi connectivity index (χ1v) is 9.92. The summed E-state index contributed by atoms with van der Waals surface area (Å²) in [6.45, 7) is 5.83. The van der Waals surface area contributed by atoms with Crippen LogP contribution in [0.1, 0.15) is 31.2 Å². The van der Waals surface area contributed by atoms with Crippen LogP contribution in [0.4, 0.5) is 0 Å². The second kappa shape index (κ2) is 12.6. The highest BCUT2D eigenvalue weighted by molar-refractivity contribution is 14.0. The number of halogens is 1. The van der Waals surface area contributed by atoms with Gasteiger partial charge < -0.3 is 24.7 Å². The highest BCUT2D eigenvalue weighted by Crippen LogP contribution is 2.12. The molecule has 2 heterocycles. The topological polar surface area (TPSA) is 85.6 Å². The molecule has 2 N–H and O–H groups in total. The number of aryl methyl sites for hydroxylation is 1. The van der Waals surface area contributed by atoms with Crippen LogP contribution in [0, 0.1) is 0 Å². The smallest absolute Gasteiger partial charge is 0.191 e. The fourth-order valence-electron chi connectivity index (χ4n) is 3.13. The van der Waals surface area contributed by atoms with Gasteiger partial charge in [0.1, 0.15) is 17.9 Å². The minimum Gasteiger partial charge on any atom is -0.497 e. The van der Waals surface area contributed by atoms with Crippen molar-refractivity contribution in [2.75, 3.05) is 26.8 Å². The average molecular weight is 514 g/mol. The molecule has 29 heavy (non-hydrogen) atoms. The van der Waals surface area contributed by atoms with E-state index < -0.39 is 0 Å².